The number of nitrogens with one attached hydrogen (secondary N) is 2. The number of benzene rings is 1. The van der Waals surface area contributed by atoms with Crippen molar-refractivity contribution in [1.29, 1.82) is 0 Å². The third-order valence-corrected chi connectivity index (χ3v) is 6.02. The standard InChI is InChI=1S/C15H22N4O3S.ClH/c1-18-13-4-3-12(9-14(13)19(2)15(18)20)23(21,22)17-8-6-11-5-7-16-10-11;/h3-4,9,11,16-17H,5-8,10H2,1-2H3;1H. The summed E-state index contributed by atoms with van der Waals surface area (Å²) in [7, 11) is -0.245. The molecule has 2 aromatic rings. The van der Waals surface area contributed by atoms with Crippen LogP contribution in [0.2, 0.25) is 0 Å². The van der Waals surface area contributed by atoms with Gasteiger partial charge < -0.3 is 5.32 Å². The maximum atomic E-state index is 12.4. The van der Waals surface area contributed by atoms with Gasteiger partial charge in [-0.2, -0.15) is 0 Å². The third-order valence-electron chi connectivity index (χ3n) is 4.56. The second kappa shape index (κ2) is 7.26. The molecule has 0 bridgehead atoms. The average Bonchev–Trinajstić information content (AvgIpc) is 3.11. The molecular formula is C15H23ClN4O3S. The number of nitrogens with zero attached hydrogens (tertiary/aromatic N) is 2. The minimum Gasteiger partial charge on any atom is -0.316 e. The summed E-state index contributed by atoms with van der Waals surface area (Å²) in [6.07, 6.45) is 1.93. The number of aryl methyl sites for hydroxylation is 2. The molecule has 24 heavy (non-hydrogen) atoms. The molecule has 1 aliphatic rings. The first kappa shape index (κ1) is 19.0. The zero-order valence-electron chi connectivity index (χ0n) is 13.8. The lowest BCUT2D eigenvalue weighted by atomic mass is 10.1. The highest BCUT2D eigenvalue weighted by Crippen LogP contribution is 2.18. The molecule has 9 heteroatoms. The first-order valence-electron chi connectivity index (χ1n) is 7.76. The Morgan fingerprint density at radius 2 is 1.96 bits per heavy atom. The van der Waals surface area contributed by atoms with Crippen molar-refractivity contribution in [2.45, 2.75) is 17.7 Å². The van der Waals surface area contributed by atoms with E-state index in [0.717, 1.165) is 25.9 Å². The molecule has 2 N–H and O–H groups in total. The van der Waals surface area contributed by atoms with Gasteiger partial charge in [-0.25, -0.2) is 17.9 Å². The SMILES string of the molecule is Cl.Cn1c(=O)n(C)c2cc(S(=O)(=O)NCCC3CCNC3)ccc21. The summed E-state index contributed by atoms with van der Waals surface area (Å²) in [5, 5.41) is 3.27. The predicted molar refractivity (Wildman–Crippen MR) is 96.2 cm³/mol. The van der Waals surface area contributed by atoms with Crippen molar-refractivity contribution in [3.8, 4) is 0 Å². The van der Waals surface area contributed by atoms with Crippen LogP contribution in [-0.2, 0) is 24.1 Å². The van der Waals surface area contributed by atoms with Gasteiger partial charge >= 0.3 is 5.69 Å². The molecule has 0 aliphatic carbocycles. The maximum absolute atomic E-state index is 12.4. The van der Waals surface area contributed by atoms with Crippen LogP contribution in [0.4, 0.5) is 0 Å². The highest BCUT2D eigenvalue weighted by Gasteiger charge is 2.19. The Morgan fingerprint density at radius 3 is 2.62 bits per heavy atom. The van der Waals surface area contributed by atoms with E-state index in [2.05, 4.69) is 10.0 Å². The Balaban J connectivity index is 0.00000208. The van der Waals surface area contributed by atoms with E-state index in [0.29, 0.717) is 23.5 Å². The molecule has 0 amide bonds. The highest BCUT2D eigenvalue weighted by molar-refractivity contribution is 7.89. The summed E-state index contributed by atoms with van der Waals surface area (Å²) in [4.78, 5) is 12.1. The summed E-state index contributed by atoms with van der Waals surface area (Å²) >= 11 is 0. The fourth-order valence-electron chi connectivity index (χ4n) is 3.10. The third kappa shape index (κ3) is 3.51. The molecule has 1 unspecified atom stereocenters. The van der Waals surface area contributed by atoms with Crippen LogP contribution in [0.1, 0.15) is 12.8 Å². The van der Waals surface area contributed by atoms with Crippen LogP contribution in [0, 0.1) is 5.92 Å². The Hall–Kier alpha value is -1.35. The van der Waals surface area contributed by atoms with Crippen LogP contribution in [0.25, 0.3) is 11.0 Å². The predicted octanol–water partition coefficient (Wildman–Crippen LogP) is 0.577. The van der Waals surface area contributed by atoms with Crippen LogP contribution < -0.4 is 15.7 Å². The molecular weight excluding hydrogens is 352 g/mol. The summed E-state index contributed by atoms with van der Waals surface area (Å²) < 4.78 is 30.5. The van der Waals surface area contributed by atoms with Crippen LogP contribution in [0.5, 0.6) is 0 Å². The second-order valence-corrected chi connectivity index (χ2v) is 7.86. The number of hydrogen-bond acceptors (Lipinski definition) is 4. The van der Waals surface area contributed by atoms with Crippen molar-refractivity contribution in [1.82, 2.24) is 19.2 Å². The van der Waals surface area contributed by atoms with E-state index in [1.165, 1.54) is 9.13 Å². The second-order valence-electron chi connectivity index (χ2n) is 6.10. The number of hydrogen-bond donors (Lipinski definition) is 2. The lowest BCUT2D eigenvalue weighted by molar-refractivity contribution is 0.519. The van der Waals surface area contributed by atoms with Gasteiger partial charge in [0.05, 0.1) is 15.9 Å². The van der Waals surface area contributed by atoms with Crippen molar-refractivity contribution < 1.29 is 8.42 Å². The van der Waals surface area contributed by atoms with Gasteiger partial charge in [0.1, 0.15) is 0 Å². The van der Waals surface area contributed by atoms with Crippen LogP contribution >= 0.6 is 12.4 Å². The van der Waals surface area contributed by atoms with Gasteiger partial charge in [0.25, 0.3) is 0 Å². The van der Waals surface area contributed by atoms with Crippen molar-refractivity contribution in [2.75, 3.05) is 19.6 Å². The number of halogens is 1. The zero-order chi connectivity index (χ0) is 16.6. The summed E-state index contributed by atoms with van der Waals surface area (Å²) in [6, 6.07) is 4.77. The first-order chi connectivity index (χ1) is 10.9. The van der Waals surface area contributed by atoms with Gasteiger partial charge in [0.15, 0.2) is 0 Å². The van der Waals surface area contributed by atoms with Crippen molar-refractivity contribution in [2.24, 2.45) is 20.0 Å². The molecule has 7 nitrogen and oxygen atoms in total. The summed E-state index contributed by atoms with van der Waals surface area (Å²) in [5.41, 5.74) is 1.16. The van der Waals surface area contributed by atoms with Gasteiger partial charge in [-0.3, -0.25) is 9.13 Å². The van der Waals surface area contributed by atoms with E-state index in [9.17, 15) is 13.2 Å². The number of fused-ring (bicyclic) bond motifs is 1. The van der Waals surface area contributed by atoms with Gasteiger partial charge in [0, 0.05) is 20.6 Å². The lowest BCUT2D eigenvalue weighted by Crippen LogP contribution is -2.26. The topological polar surface area (TPSA) is 85.1 Å². The molecule has 2 heterocycles. The Bertz CT molecular complexity index is 882. The van der Waals surface area contributed by atoms with Gasteiger partial charge in [-0.15, -0.1) is 12.4 Å². The number of sulfonamides is 1. The number of aromatic nitrogens is 2. The molecule has 1 aliphatic heterocycles. The zero-order valence-corrected chi connectivity index (χ0v) is 15.4. The van der Waals surface area contributed by atoms with E-state index in [1.807, 2.05) is 0 Å². The monoisotopic (exact) mass is 374 g/mol. The summed E-state index contributed by atoms with van der Waals surface area (Å²) in [6.45, 7) is 2.40. The van der Waals surface area contributed by atoms with E-state index >= 15 is 0 Å². The molecule has 1 fully saturated rings. The Morgan fingerprint density at radius 1 is 1.25 bits per heavy atom. The normalized spacial score (nSPS) is 18.0. The minimum atomic E-state index is -3.56. The lowest BCUT2D eigenvalue weighted by Gasteiger charge is -2.10. The fourth-order valence-corrected chi connectivity index (χ4v) is 4.16. The van der Waals surface area contributed by atoms with Gasteiger partial charge in [-0.1, -0.05) is 0 Å². The molecule has 0 radical (unpaired) electrons. The first-order valence-corrected chi connectivity index (χ1v) is 9.24. The average molecular weight is 375 g/mol. The highest BCUT2D eigenvalue weighted by atomic mass is 35.5. The largest absolute Gasteiger partial charge is 0.328 e. The van der Waals surface area contributed by atoms with E-state index < -0.39 is 10.0 Å². The van der Waals surface area contributed by atoms with Crippen LogP contribution in [-0.4, -0.2) is 37.2 Å². The number of imidazole rings is 1. The quantitative estimate of drug-likeness (QED) is 0.801. The van der Waals surface area contributed by atoms with Gasteiger partial charge in [0.2, 0.25) is 10.0 Å². The Labute approximate surface area is 147 Å². The Kier molecular flexibility index (Phi) is 5.74. The molecule has 1 aromatic carbocycles. The van der Waals surface area contributed by atoms with Crippen molar-refractivity contribution in [3.63, 3.8) is 0 Å². The van der Waals surface area contributed by atoms with Gasteiger partial charge in [-0.05, 0) is 50.0 Å². The maximum Gasteiger partial charge on any atom is 0.328 e. The molecule has 0 saturated carbocycles. The van der Waals surface area contributed by atoms with E-state index in [4.69, 9.17) is 0 Å². The molecule has 3 rings (SSSR count). The fraction of sp³-hybridized carbons (Fsp3) is 0.533. The minimum absolute atomic E-state index is 0. The van der Waals surface area contributed by atoms with Crippen LogP contribution in [0.3, 0.4) is 0 Å². The van der Waals surface area contributed by atoms with Crippen molar-refractivity contribution in [3.05, 3.63) is 28.7 Å². The van der Waals surface area contributed by atoms with E-state index in [-0.39, 0.29) is 23.0 Å². The smallest absolute Gasteiger partial charge is 0.316 e. The number of rotatable bonds is 5. The molecule has 134 valence electrons. The molecule has 0 spiro atoms. The van der Waals surface area contributed by atoms with E-state index in [1.54, 1.807) is 32.3 Å². The molecule has 1 atom stereocenters. The van der Waals surface area contributed by atoms with Crippen LogP contribution in [0.15, 0.2) is 27.9 Å². The summed E-state index contributed by atoms with van der Waals surface area (Å²) in [5.74, 6) is 0.537. The molecule has 1 aromatic heterocycles. The van der Waals surface area contributed by atoms with Crippen molar-refractivity contribution >= 4 is 33.5 Å². The molecule has 1 saturated heterocycles.